The maximum Gasteiger partial charge on any atom is 0.223 e. The third-order valence-electron chi connectivity index (χ3n) is 4.68. The van der Waals surface area contributed by atoms with Crippen LogP contribution in [0, 0.1) is 17.3 Å². The normalized spacial score (nSPS) is 27.2. The molecule has 2 aliphatic rings. The van der Waals surface area contributed by atoms with Gasteiger partial charge in [-0.3, -0.25) is 4.79 Å². The molecular formula is C14H26N2O2. The highest BCUT2D eigenvalue weighted by atomic mass is 16.3. The number of carbonyl (C=O) groups is 1. The molecule has 1 heterocycles. The lowest BCUT2D eigenvalue weighted by molar-refractivity contribution is -0.124. The second kappa shape index (κ2) is 5.57. The number of nitrogens with one attached hydrogen (secondary N) is 2. The Balaban J connectivity index is 1.85. The number of carbonyl (C=O) groups excluding carboxylic acids is 1. The van der Waals surface area contributed by atoms with E-state index >= 15 is 0 Å². The molecule has 1 saturated heterocycles. The number of aliphatic hydroxyl groups is 1. The summed E-state index contributed by atoms with van der Waals surface area (Å²) < 4.78 is 0. The number of rotatable bonds is 5. The van der Waals surface area contributed by atoms with Gasteiger partial charge in [-0.25, -0.2) is 0 Å². The highest BCUT2D eigenvalue weighted by molar-refractivity contribution is 5.82. The maximum absolute atomic E-state index is 12.3. The lowest BCUT2D eigenvalue weighted by Gasteiger charge is -2.25. The van der Waals surface area contributed by atoms with E-state index in [-0.39, 0.29) is 24.5 Å². The summed E-state index contributed by atoms with van der Waals surface area (Å²) in [6.45, 7) is 6.42. The minimum Gasteiger partial charge on any atom is -0.396 e. The van der Waals surface area contributed by atoms with Crippen molar-refractivity contribution in [1.29, 1.82) is 0 Å². The van der Waals surface area contributed by atoms with Gasteiger partial charge in [0.1, 0.15) is 0 Å². The van der Waals surface area contributed by atoms with Crippen LogP contribution in [0.4, 0.5) is 0 Å². The Hall–Kier alpha value is -0.610. The third kappa shape index (κ3) is 2.86. The second-order valence-corrected chi connectivity index (χ2v) is 6.24. The summed E-state index contributed by atoms with van der Waals surface area (Å²) in [5.41, 5.74) is 0.302. The van der Waals surface area contributed by atoms with Gasteiger partial charge in [0, 0.05) is 18.6 Å². The van der Waals surface area contributed by atoms with E-state index in [1.807, 2.05) is 0 Å². The lowest BCUT2D eigenvalue weighted by atomic mass is 9.91. The third-order valence-corrected chi connectivity index (χ3v) is 4.68. The fourth-order valence-corrected chi connectivity index (χ4v) is 3.19. The van der Waals surface area contributed by atoms with Crippen LogP contribution in [0.15, 0.2) is 0 Å². The SMILES string of the molecule is CC(C)C(CCO)NC(=O)C1CC12CCNCC2. The molecule has 2 atom stereocenters. The van der Waals surface area contributed by atoms with Crippen LogP contribution in [0.2, 0.25) is 0 Å². The molecule has 4 heteroatoms. The number of aliphatic hydroxyl groups excluding tert-OH is 1. The van der Waals surface area contributed by atoms with Crippen molar-refractivity contribution >= 4 is 5.91 Å². The van der Waals surface area contributed by atoms with Crippen LogP contribution in [-0.2, 0) is 4.79 Å². The van der Waals surface area contributed by atoms with Gasteiger partial charge in [0.25, 0.3) is 0 Å². The van der Waals surface area contributed by atoms with Gasteiger partial charge in [-0.2, -0.15) is 0 Å². The first-order chi connectivity index (χ1) is 8.59. The van der Waals surface area contributed by atoms with Gasteiger partial charge in [-0.05, 0) is 50.1 Å². The average Bonchev–Trinajstić information content (AvgIpc) is 3.03. The minimum absolute atomic E-state index is 0.113. The Morgan fingerprint density at radius 1 is 1.44 bits per heavy atom. The summed E-state index contributed by atoms with van der Waals surface area (Å²) in [5, 5.41) is 15.5. The summed E-state index contributed by atoms with van der Waals surface area (Å²) >= 11 is 0. The molecule has 4 nitrogen and oxygen atoms in total. The molecule has 0 bridgehead atoms. The summed E-state index contributed by atoms with van der Waals surface area (Å²) in [6, 6.07) is 0.113. The topological polar surface area (TPSA) is 61.4 Å². The van der Waals surface area contributed by atoms with E-state index in [0.29, 0.717) is 17.8 Å². The molecule has 18 heavy (non-hydrogen) atoms. The molecule has 0 aromatic heterocycles. The molecule has 0 radical (unpaired) electrons. The Kier molecular flexibility index (Phi) is 4.28. The summed E-state index contributed by atoms with van der Waals surface area (Å²) in [5.74, 6) is 0.812. The van der Waals surface area contributed by atoms with Gasteiger partial charge < -0.3 is 15.7 Å². The molecule has 2 fully saturated rings. The lowest BCUT2D eigenvalue weighted by Crippen LogP contribution is -2.41. The van der Waals surface area contributed by atoms with Gasteiger partial charge in [0.15, 0.2) is 0 Å². The summed E-state index contributed by atoms with van der Waals surface area (Å²) in [7, 11) is 0. The van der Waals surface area contributed by atoms with Gasteiger partial charge in [-0.15, -0.1) is 0 Å². The molecule has 1 aliphatic heterocycles. The molecule has 1 aliphatic carbocycles. The van der Waals surface area contributed by atoms with Crippen molar-refractivity contribution < 1.29 is 9.90 Å². The quantitative estimate of drug-likeness (QED) is 0.683. The van der Waals surface area contributed by atoms with Crippen molar-refractivity contribution in [2.75, 3.05) is 19.7 Å². The van der Waals surface area contributed by atoms with Crippen molar-refractivity contribution in [3.63, 3.8) is 0 Å². The number of hydrogen-bond acceptors (Lipinski definition) is 3. The molecule has 1 amide bonds. The fourth-order valence-electron chi connectivity index (χ4n) is 3.19. The van der Waals surface area contributed by atoms with Gasteiger partial charge in [0.05, 0.1) is 0 Å². The van der Waals surface area contributed by atoms with Crippen molar-refractivity contribution in [2.24, 2.45) is 17.3 Å². The van der Waals surface area contributed by atoms with Crippen LogP contribution in [0.25, 0.3) is 0 Å². The average molecular weight is 254 g/mol. The standard InChI is InChI=1S/C14H26N2O2/c1-10(2)12(3-8-17)16-13(18)11-9-14(11)4-6-15-7-5-14/h10-12,15,17H,3-9H2,1-2H3,(H,16,18). The number of amides is 1. The first kappa shape index (κ1) is 13.8. The van der Waals surface area contributed by atoms with Crippen molar-refractivity contribution in [2.45, 2.75) is 45.6 Å². The molecule has 0 aromatic rings. The van der Waals surface area contributed by atoms with Gasteiger partial charge in [0.2, 0.25) is 5.91 Å². The number of hydrogen-bond donors (Lipinski definition) is 3. The van der Waals surface area contributed by atoms with E-state index in [9.17, 15) is 4.79 Å². The Labute approximate surface area is 110 Å². The first-order valence-electron chi connectivity index (χ1n) is 7.21. The summed E-state index contributed by atoms with van der Waals surface area (Å²) in [4.78, 5) is 12.3. The Bertz CT molecular complexity index is 298. The molecule has 2 rings (SSSR count). The Morgan fingerprint density at radius 2 is 2.11 bits per heavy atom. The van der Waals surface area contributed by atoms with Gasteiger partial charge in [-0.1, -0.05) is 13.8 Å². The molecule has 0 aromatic carbocycles. The van der Waals surface area contributed by atoms with Crippen LogP contribution < -0.4 is 10.6 Å². The zero-order valence-corrected chi connectivity index (χ0v) is 11.5. The second-order valence-electron chi connectivity index (χ2n) is 6.24. The molecule has 1 saturated carbocycles. The van der Waals surface area contributed by atoms with E-state index < -0.39 is 0 Å². The molecular weight excluding hydrogens is 228 g/mol. The highest BCUT2D eigenvalue weighted by Gasteiger charge is 2.57. The maximum atomic E-state index is 12.3. The Morgan fingerprint density at radius 3 is 2.67 bits per heavy atom. The van der Waals surface area contributed by atoms with Crippen molar-refractivity contribution in [3.8, 4) is 0 Å². The van der Waals surface area contributed by atoms with E-state index in [1.54, 1.807) is 0 Å². The fraction of sp³-hybridized carbons (Fsp3) is 0.929. The predicted octanol–water partition coefficient (Wildman–Crippen LogP) is 0.899. The smallest absolute Gasteiger partial charge is 0.223 e. The van der Waals surface area contributed by atoms with Crippen LogP contribution in [0.5, 0.6) is 0 Å². The van der Waals surface area contributed by atoms with E-state index in [0.717, 1.165) is 32.4 Å². The zero-order valence-electron chi connectivity index (χ0n) is 11.5. The molecule has 2 unspecified atom stereocenters. The molecule has 1 spiro atoms. The van der Waals surface area contributed by atoms with Crippen LogP contribution in [-0.4, -0.2) is 36.8 Å². The summed E-state index contributed by atoms with van der Waals surface area (Å²) in [6.07, 6.45) is 3.99. The predicted molar refractivity (Wildman–Crippen MR) is 71.1 cm³/mol. The largest absolute Gasteiger partial charge is 0.396 e. The van der Waals surface area contributed by atoms with Crippen LogP contribution >= 0.6 is 0 Å². The van der Waals surface area contributed by atoms with Gasteiger partial charge >= 0.3 is 0 Å². The van der Waals surface area contributed by atoms with Crippen LogP contribution in [0.1, 0.15) is 39.5 Å². The van der Waals surface area contributed by atoms with E-state index in [2.05, 4.69) is 24.5 Å². The molecule has 104 valence electrons. The zero-order chi connectivity index (χ0) is 13.2. The number of piperidine rings is 1. The minimum atomic E-state index is 0.113. The van der Waals surface area contributed by atoms with Crippen LogP contribution in [0.3, 0.4) is 0 Å². The highest BCUT2D eigenvalue weighted by Crippen LogP contribution is 2.58. The van der Waals surface area contributed by atoms with E-state index in [1.165, 1.54) is 0 Å². The van der Waals surface area contributed by atoms with Crippen molar-refractivity contribution in [1.82, 2.24) is 10.6 Å². The first-order valence-corrected chi connectivity index (χ1v) is 7.21. The molecule has 3 N–H and O–H groups in total. The van der Waals surface area contributed by atoms with E-state index in [4.69, 9.17) is 5.11 Å². The monoisotopic (exact) mass is 254 g/mol. The van der Waals surface area contributed by atoms with Crippen molar-refractivity contribution in [3.05, 3.63) is 0 Å².